The molecule has 56 valence electrons. The van der Waals surface area contributed by atoms with Gasteiger partial charge in [0.15, 0.2) is 0 Å². The average Bonchev–Trinajstić information content (AvgIpc) is 2.36. The smallest absolute Gasteiger partial charge is 0.0931 e. The van der Waals surface area contributed by atoms with Gasteiger partial charge in [-0.05, 0) is 28.1 Å². The summed E-state index contributed by atoms with van der Waals surface area (Å²) in [5, 5.41) is 0.696. The van der Waals surface area contributed by atoms with Gasteiger partial charge in [-0.25, -0.2) is 4.98 Å². The first-order valence-electron chi connectivity index (χ1n) is 3.05. The molecule has 0 unspecified atom stereocenters. The van der Waals surface area contributed by atoms with Crippen LogP contribution >= 0.6 is 27.5 Å². The minimum Gasteiger partial charge on any atom is -0.345 e. The largest absolute Gasteiger partial charge is 0.345 e. The van der Waals surface area contributed by atoms with Gasteiger partial charge in [0.2, 0.25) is 0 Å². The molecular formula is C7H4BrClN2. The number of imidazole rings is 1. The van der Waals surface area contributed by atoms with Crippen molar-refractivity contribution in [2.45, 2.75) is 0 Å². The van der Waals surface area contributed by atoms with Crippen LogP contribution in [0, 0.1) is 0 Å². The Hall–Kier alpha value is -0.540. The van der Waals surface area contributed by atoms with Crippen molar-refractivity contribution in [2.75, 3.05) is 0 Å². The number of hydrogen-bond acceptors (Lipinski definition) is 1. The van der Waals surface area contributed by atoms with Crippen LogP contribution < -0.4 is 0 Å². The zero-order valence-corrected chi connectivity index (χ0v) is 7.78. The molecule has 0 aliphatic carbocycles. The molecule has 2 nitrogen and oxygen atoms in total. The van der Waals surface area contributed by atoms with Crippen LogP contribution in [0.4, 0.5) is 0 Å². The van der Waals surface area contributed by atoms with Crippen LogP contribution in [0.3, 0.4) is 0 Å². The normalized spacial score (nSPS) is 10.7. The van der Waals surface area contributed by atoms with Gasteiger partial charge in [-0.2, -0.15) is 0 Å². The van der Waals surface area contributed by atoms with Crippen LogP contribution in [0.1, 0.15) is 0 Å². The van der Waals surface area contributed by atoms with Crippen LogP contribution in [0.5, 0.6) is 0 Å². The van der Waals surface area contributed by atoms with E-state index in [1.54, 1.807) is 6.33 Å². The highest BCUT2D eigenvalue weighted by Gasteiger charge is 2.00. The van der Waals surface area contributed by atoms with Gasteiger partial charge in [-0.1, -0.05) is 11.6 Å². The number of hydrogen-bond donors (Lipinski definition) is 1. The lowest BCUT2D eigenvalue weighted by atomic mass is 10.3. The molecule has 4 heteroatoms. The molecule has 11 heavy (non-hydrogen) atoms. The number of aromatic nitrogens is 2. The fraction of sp³-hybridized carbons (Fsp3) is 0. The molecule has 1 N–H and O–H groups in total. The molecular weight excluding hydrogens is 227 g/mol. The summed E-state index contributed by atoms with van der Waals surface area (Å²) in [6.07, 6.45) is 1.65. The number of benzene rings is 1. The molecule has 1 heterocycles. The highest BCUT2D eigenvalue weighted by Crippen LogP contribution is 2.25. The third-order valence-corrected chi connectivity index (χ3v) is 2.66. The van der Waals surface area contributed by atoms with Crippen LogP contribution in [-0.4, -0.2) is 9.97 Å². The van der Waals surface area contributed by atoms with Crippen LogP contribution in [0.25, 0.3) is 11.0 Å². The van der Waals surface area contributed by atoms with Crippen molar-refractivity contribution in [3.8, 4) is 0 Å². The number of fused-ring (bicyclic) bond motifs is 1. The molecule has 0 fully saturated rings. The van der Waals surface area contributed by atoms with Gasteiger partial charge in [0, 0.05) is 4.47 Å². The number of nitrogens with one attached hydrogen (secondary N) is 1. The van der Waals surface area contributed by atoms with E-state index in [2.05, 4.69) is 25.9 Å². The van der Waals surface area contributed by atoms with E-state index in [1.807, 2.05) is 12.1 Å². The van der Waals surface area contributed by atoms with E-state index >= 15 is 0 Å². The molecule has 0 saturated heterocycles. The number of halogens is 2. The topological polar surface area (TPSA) is 28.7 Å². The molecule has 0 saturated carbocycles. The molecule has 0 radical (unpaired) electrons. The summed E-state index contributed by atoms with van der Waals surface area (Å²) in [7, 11) is 0. The summed E-state index contributed by atoms with van der Waals surface area (Å²) in [6.45, 7) is 0. The molecule has 2 rings (SSSR count). The van der Waals surface area contributed by atoms with Crippen molar-refractivity contribution in [3.63, 3.8) is 0 Å². The lowest BCUT2D eigenvalue weighted by molar-refractivity contribution is 1.34. The molecule has 0 bridgehead atoms. The van der Waals surface area contributed by atoms with Gasteiger partial charge in [0.25, 0.3) is 0 Å². The predicted molar refractivity (Wildman–Crippen MR) is 48.8 cm³/mol. The van der Waals surface area contributed by atoms with E-state index in [-0.39, 0.29) is 0 Å². The van der Waals surface area contributed by atoms with E-state index in [0.717, 1.165) is 15.5 Å². The van der Waals surface area contributed by atoms with Crippen molar-refractivity contribution in [1.82, 2.24) is 9.97 Å². The highest BCUT2D eigenvalue weighted by molar-refractivity contribution is 9.10. The van der Waals surface area contributed by atoms with E-state index in [0.29, 0.717) is 5.02 Å². The molecule has 0 aliphatic rings. The van der Waals surface area contributed by atoms with Gasteiger partial charge in [0.05, 0.1) is 22.4 Å². The Kier molecular flexibility index (Phi) is 1.62. The number of aromatic amines is 1. The SMILES string of the molecule is Clc1cc2[nH]cnc2cc1Br. The lowest BCUT2D eigenvalue weighted by Crippen LogP contribution is -1.71. The van der Waals surface area contributed by atoms with Gasteiger partial charge in [0.1, 0.15) is 0 Å². The van der Waals surface area contributed by atoms with Crippen molar-refractivity contribution in [2.24, 2.45) is 0 Å². The quantitative estimate of drug-likeness (QED) is 0.742. The fourth-order valence-electron chi connectivity index (χ4n) is 0.930. The summed E-state index contributed by atoms with van der Waals surface area (Å²) in [5.74, 6) is 0. The summed E-state index contributed by atoms with van der Waals surface area (Å²) in [4.78, 5) is 7.05. The highest BCUT2D eigenvalue weighted by atomic mass is 79.9. The zero-order valence-electron chi connectivity index (χ0n) is 5.44. The minimum atomic E-state index is 0.696. The molecule has 1 aromatic heterocycles. The monoisotopic (exact) mass is 230 g/mol. The van der Waals surface area contributed by atoms with Crippen LogP contribution in [0.2, 0.25) is 5.02 Å². The second kappa shape index (κ2) is 2.50. The van der Waals surface area contributed by atoms with E-state index in [4.69, 9.17) is 11.6 Å². The standard InChI is InChI=1S/C7H4BrClN2/c8-4-1-6-7(2-5(4)9)11-3-10-6/h1-3H,(H,10,11). The summed E-state index contributed by atoms with van der Waals surface area (Å²) in [6, 6.07) is 3.72. The maximum absolute atomic E-state index is 5.85. The zero-order chi connectivity index (χ0) is 7.84. The molecule has 1 aromatic carbocycles. The van der Waals surface area contributed by atoms with Crippen molar-refractivity contribution < 1.29 is 0 Å². The second-order valence-corrected chi connectivity index (χ2v) is 3.45. The minimum absolute atomic E-state index is 0.696. The number of H-pyrrole nitrogens is 1. The van der Waals surface area contributed by atoms with Crippen molar-refractivity contribution in [1.29, 1.82) is 0 Å². The van der Waals surface area contributed by atoms with E-state index in [1.165, 1.54) is 0 Å². The summed E-state index contributed by atoms with van der Waals surface area (Å²) in [5.41, 5.74) is 1.87. The molecule has 2 aromatic rings. The Balaban J connectivity index is 2.86. The summed E-state index contributed by atoms with van der Waals surface area (Å²) < 4.78 is 0.874. The van der Waals surface area contributed by atoms with Gasteiger partial charge in [-0.3, -0.25) is 0 Å². The molecule has 0 amide bonds. The molecule has 0 spiro atoms. The van der Waals surface area contributed by atoms with Gasteiger partial charge < -0.3 is 4.98 Å². The predicted octanol–water partition coefficient (Wildman–Crippen LogP) is 2.98. The lowest BCUT2D eigenvalue weighted by Gasteiger charge is -1.93. The number of rotatable bonds is 0. The Bertz CT molecular complexity index is 360. The molecule has 0 atom stereocenters. The van der Waals surface area contributed by atoms with E-state index in [9.17, 15) is 0 Å². The fourth-order valence-corrected chi connectivity index (χ4v) is 1.43. The Morgan fingerprint density at radius 1 is 1.45 bits per heavy atom. The van der Waals surface area contributed by atoms with Crippen LogP contribution in [-0.2, 0) is 0 Å². The van der Waals surface area contributed by atoms with Crippen LogP contribution in [0.15, 0.2) is 22.9 Å². The maximum atomic E-state index is 5.85. The summed E-state index contributed by atoms with van der Waals surface area (Å²) >= 11 is 9.17. The first kappa shape index (κ1) is 7.13. The maximum Gasteiger partial charge on any atom is 0.0931 e. The first-order chi connectivity index (χ1) is 5.27. The first-order valence-corrected chi connectivity index (χ1v) is 4.22. The van der Waals surface area contributed by atoms with Crippen molar-refractivity contribution >= 4 is 38.6 Å². The Labute approximate surface area is 76.7 Å². The van der Waals surface area contributed by atoms with Gasteiger partial charge in [-0.15, -0.1) is 0 Å². The molecule has 0 aliphatic heterocycles. The Morgan fingerprint density at radius 2 is 2.27 bits per heavy atom. The van der Waals surface area contributed by atoms with Crippen molar-refractivity contribution in [3.05, 3.63) is 28.0 Å². The van der Waals surface area contributed by atoms with E-state index < -0.39 is 0 Å². The second-order valence-electron chi connectivity index (χ2n) is 2.19. The third-order valence-electron chi connectivity index (χ3n) is 1.46. The third kappa shape index (κ3) is 1.14. The Morgan fingerprint density at radius 3 is 3.09 bits per heavy atom. The van der Waals surface area contributed by atoms with Gasteiger partial charge >= 0.3 is 0 Å². The number of nitrogens with zero attached hydrogens (tertiary/aromatic N) is 1. The average molecular weight is 231 g/mol.